The van der Waals surface area contributed by atoms with Crippen molar-refractivity contribution in [1.82, 2.24) is 9.55 Å². The molecule has 2 heterocycles. The number of nitrogens with zero attached hydrogens (tertiary/aromatic N) is 2. The molecule has 0 aromatic carbocycles. The molecule has 0 radical (unpaired) electrons. The number of hydrogen-bond acceptors (Lipinski definition) is 7. The number of rotatable bonds is 2. The fourth-order valence-electron chi connectivity index (χ4n) is 1.87. The molecule has 2 rings (SSSR count). The zero-order valence-corrected chi connectivity index (χ0v) is 10.5. The van der Waals surface area contributed by atoms with Gasteiger partial charge in [0.2, 0.25) is 4.77 Å². The molecule has 1 fully saturated rings. The van der Waals surface area contributed by atoms with Gasteiger partial charge < -0.3 is 25.8 Å². The van der Waals surface area contributed by atoms with Gasteiger partial charge in [-0.3, -0.25) is 4.57 Å². The van der Waals surface area contributed by atoms with Crippen LogP contribution in [0.1, 0.15) is 11.8 Å². The Morgan fingerprint density at radius 3 is 2.72 bits per heavy atom. The topological polar surface area (TPSA) is 114 Å². The minimum absolute atomic E-state index is 0.146. The number of ether oxygens (including phenoxy) is 1. The van der Waals surface area contributed by atoms with Gasteiger partial charge in [0.1, 0.15) is 24.1 Å². The van der Waals surface area contributed by atoms with Crippen LogP contribution in [0.25, 0.3) is 0 Å². The van der Waals surface area contributed by atoms with Crippen LogP contribution in [-0.4, -0.2) is 49.8 Å². The van der Waals surface area contributed by atoms with Gasteiger partial charge in [-0.15, -0.1) is 0 Å². The lowest BCUT2D eigenvalue weighted by molar-refractivity contribution is -0.0541. The maximum Gasteiger partial charge on any atom is 0.203 e. The smallest absolute Gasteiger partial charge is 0.203 e. The highest BCUT2D eigenvalue weighted by atomic mass is 32.1. The first-order chi connectivity index (χ1) is 8.45. The van der Waals surface area contributed by atoms with Crippen LogP contribution in [0.4, 0.5) is 5.82 Å². The molecule has 5 N–H and O–H groups in total. The molecule has 0 spiro atoms. The maximum atomic E-state index is 9.88. The summed E-state index contributed by atoms with van der Waals surface area (Å²) >= 11 is 5.04. The summed E-state index contributed by atoms with van der Waals surface area (Å²) < 4.78 is 6.93. The van der Waals surface area contributed by atoms with Crippen molar-refractivity contribution in [2.75, 3.05) is 12.3 Å². The highest BCUT2D eigenvalue weighted by Gasteiger charge is 2.43. The first-order valence-corrected chi connectivity index (χ1v) is 5.84. The van der Waals surface area contributed by atoms with Crippen LogP contribution in [0.3, 0.4) is 0 Å². The fourth-order valence-corrected chi connectivity index (χ4v) is 2.13. The number of aliphatic hydroxyl groups excluding tert-OH is 3. The van der Waals surface area contributed by atoms with Crippen molar-refractivity contribution < 1.29 is 20.1 Å². The summed E-state index contributed by atoms with van der Waals surface area (Å²) in [6.07, 6.45) is -2.47. The third kappa shape index (κ3) is 2.13. The fraction of sp³-hybridized carbons (Fsp3) is 0.600. The molecule has 1 aliphatic rings. The molecule has 0 saturated carbocycles. The standard InChI is InChI=1S/C10H15N3O4S/c1-4-2-13(10(18)12-8(4)11)9-7(16)6(15)5(3-14)17-9/h2,5-7,9,14-16H,3H2,1H3,(H2,11,12,18)/t5-,6?,7?,9-/m1/s1. The van der Waals surface area contributed by atoms with Gasteiger partial charge in [-0.2, -0.15) is 0 Å². The van der Waals surface area contributed by atoms with E-state index >= 15 is 0 Å². The number of nitrogen functional groups attached to an aromatic ring is 1. The molecule has 100 valence electrons. The SMILES string of the molecule is Cc1cn([C@@H]2O[C@H](CO)C(O)C2O)c(=S)nc1N. The summed E-state index contributed by atoms with van der Waals surface area (Å²) in [6, 6.07) is 0. The van der Waals surface area contributed by atoms with E-state index in [1.54, 1.807) is 13.1 Å². The van der Waals surface area contributed by atoms with Crippen LogP contribution in [0.5, 0.6) is 0 Å². The molecule has 1 aromatic rings. The van der Waals surface area contributed by atoms with Crippen LogP contribution in [0.2, 0.25) is 0 Å². The second-order valence-corrected chi connectivity index (χ2v) is 4.59. The second kappa shape index (κ2) is 4.90. The first kappa shape index (κ1) is 13.4. The van der Waals surface area contributed by atoms with Gasteiger partial charge in [0, 0.05) is 11.8 Å². The minimum Gasteiger partial charge on any atom is -0.394 e. The van der Waals surface area contributed by atoms with Gasteiger partial charge in [-0.05, 0) is 19.1 Å². The average Bonchev–Trinajstić information content (AvgIpc) is 2.61. The Balaban J connectivity index is 2.39. The summed E-state index contributed by atoms with van der Waals surface area (Å²) in [6.45, 7) is 1.36. The number of aliphatic hydroxyl groups is 3. The minimum atomic E-state index is -1.18. The summed E-state index contributed by atoms with van der Waals surface area (Å²) in [5.41, 5.74) is 6.30. The molecule has 18 heavy (non-hydrogen) atoms. The van der Waals surface area contributed by atoms with Gasteiger partial charge in [-0.1, -0.05) is 0 Å². The second-order valence-electron chi connectivity index (χ2n) is 4.23. The van der Waals surface area contributed by atoms with Crippen molar-refractivity contribution in [3.05, 3.63) is 16.5 Å². The van der Waals surface area contributed by atoms with Crippen molar-refractivity contribution >= 4 is 18.0 Å². The third-order valence-corrected chi connectivity index (χ3v) is 3.27. The van der Waals surface area contributed by atoms with Gasteiger partial charge in [0.05, 0.1) is 6.61 Å². The van der Waals surface area contributed by atoms with E-state index < -0.39 is 24.5 Å². The summed E-state index contributed by atoms with van der Waals surface area (Å²) in [5, 5.41) is 28.6. The maximum absolute atomic E-state index is 9.88. The van der Waals surface area contributed by atoms with E-state index in [0.29, 0.717) is 11.4 Å². The van der Waals surface area contributed by atoms with E-state index in [0.717, 1.165) is 0 Å². The lowest BCUT2D eigenvalue weighted by Gasteiger charge is -2.19. The van der Waals surface area contributed by atoms with Crippen LogP contribution in [0, 0.1) is 11.7 Å². The lowest BCUT2D eigenvalue weighted by atomic mass is 10.1. The van der Waals surface area contributed by atoms with Crippen LogP contribution in [0.15, 0.2) is 6.20 Å². The van der Waals surface area contributed by atoms with E-state index in [9.17, 15) is 10.2 Å². The Kier molecular flexibility index (Phi) is 3.64. The predicted molar refractivity (Wildman–Crippen MR) is 65.2 cm³/mol. The molecule has 0 bridgehead atoms. The summed E-state index contributed by atoms with van der Waals surface area (Å²) in [5.74, 6) is 0.308. The summed E-state index contributed by atoms with van der Waals surface area (Å²) in [4.78, 5) is 3.95. The first-order valence-electron chi connectivity index (χ1n) is 5.43. The molecule has 2 unspecified atom stereocenters. The van der Waals surface area contributed by atoms with Gasteiger partial charge >= 0.3 is 0 Å². The Bertz CT molecular complexity index is 506. The zero-order chi connectivity index (χ0) is 13.4. The molecule has 7 nitrogen and oxygen atoms in total. The van der Waals surface area contributed by atoms with Crippen LogP contribution < -0.4 is 5.73 Å². The molecule has 8 heteroatoms. The molecule has 0 amide bonds. The van der Waals surface area contributed by atoms with E-state index in [-0.39, 0.29) is 11.4 Å². The molecule has 4 atom stereocenters. The monoisotopic (exact) mass is 273 g/mol. The molecule has 1 saturated heterocycles. The Hall–Kier alpha value is -1.06. The van der Waals surface area contributed by atoms with Gasteiger partial charge in [-0.25, -0.2) is 4.98 Å². The molecule has 1 aromatic heterocycles. The van der Waals surface area contributed by atoms with Crippen LogP contribution in [-0.2, 0) is 4.74 Å². The molecular formula is C10H15N3O4S. The number of nitrogens with two attached hydrogens (primary N) is 1. The van der Waals surface area contributed by atoms with Gasteiger partial charge in [0.15, 0.2) is 6.23 Å². The lowest BCUT2D eigenvalue weighted by Crippen LogP contribution is -2.33. The normalized spacial score (nSPS) is 31.8. The number of aromatic nitrogens is 2. The highest BCUT2D eigenvalue weighted by molar-refractivity contribution is 7.71. The Morgan fingerprint density at radius 2 is 2.17 bits per heavy atom. The average molecular weight is 273 g/mol. The highest BCUT2D eigenvalue weighted by Crippen LogP contribution is 2.29. The van der Waals surface area contributed by atoms with Crippen molar-refractivity contribution in [2.45, 2.75) is 31.5 Å². The van der Waals surface area contributed by atoms with E-state index in [2.05, 4.69) is 4.98 Å². The number of aryl methyl sites for hydroxylation is 1. The molecule has 0 aliphatic carbocycles. The van der Waals surface area contributed by atoms with Crippen molar-refractivity contribution in [1.29, 1.82) is 0 Å². The Morgan fingerprint density at radius 1 is 1.50 bits per heavy atom. The van der Waals surface area contributed by atoms with E-state index in [4.69, 9.17) is 27.8 Å². The van der Waals surface area contributed by atoms with Crippen LogP contribution >= 0.6 is 12.2 Å². The summed E-state index contributed by atoms with van der Waals surface area (Å²) in [7, 11) is 0. The zero-order valence-electron chi connectivity index (χ0n) is 9.72. The van der Waals surface area contributed by atoms with Crippen molar-refractivity contribution in [3.63, 3.8) is 0 Å². The number of hydrogen-bond donors (Lipinski definition) is 4. The Labute approximate surface area is 108 Å². The molecular weight excluding hydrogens is 258 g/mol. The quantitative estimate of drug-likeness (QED) is 0.517. The van der Waals surface area contributed by atoms with Gasteiger partial charge in [0.25, 0.3) is 0 Å². The third-order valence-electron chi connectivity index (χ3n) is 2.97. The predicted octanol–water partition coefficient (Wildman–Crippen LogP) is -0.885. The van der Waals surface area contributed by atoms with E-state index in [1.165, 1.54) is 4.57 Å². The van der Waals surface area contributed by atoms with E-state index in [1.807, 2.05) is 0 Å². The van der Waals surface area contributed by atoms with Crippen molar-refractivity contribution in [3.8, 4) is 0 Å². The largest absolute Gasteiger partial charge is 0.394 e. The number of anilines is 1. The molecule has 1 aliphatic heterocycles. The van der Waals surface area contributed by atoms with Crippen molar-refractivity contribution in [2.24, 2.45) is 0 Å².